The van der Waals surface area contributed by atoms with Crippen molar-refractivity contribution in [3.8, 4) is 0 Å². The number of benzene rings is 2. The average molecular weight is 317 g/mol. The van der Waals surface area contributed by atoms with Crippen molar-refractivity contribution in [1.82, 2.24) is 14.5 Å². The topological polar surface area (TPSA) is 64.8 Å². The van der Waals surface area contributed by atoms with Gasteiger partial charge in [0.05, 0.1) is 11.0 Å². The molecule has 2 aromatic heterocycles. The third-order valence-corrected chi connectivity index (χ3v) is 3.75. The van der Waals surface area contributed by atoms with Gasteiger partial charge in [-0.2, -0.15) is 0 Å². The molecule has 0 unspecified atom stereocenters. The Balaban J connectivity index is 0.000000141. The zero-order valence-electron chi connectivity index (χ0n) is 13.1. The van der Waals surface area contributed by atoms with E-state index in [4.69, 9.17) is 0 Å². The number of aryl methyl sites for hydroxylation is 1. The van der Waals surface area contributed by atoms with Gasteiger partial charge >= 0.3 is 0 Å². The van der Waals surface area contributed by atoms with E-state index in [2.05, 4.69) is 9.97 Å². The maximum absolute atomic E-state index is 10.6. The number of carbonyl (C=O) groups is 2. The summed E-state index contributed by atoms with van der Waals surface area (Å²) in [6, 6.07) is 15.4. The quantitative estimate of drug-likeness (QED) is 0.531. The lowest BCUT2D eigenvalue weighted by Gasteiger charge is -1.97. The van der Waals surface area contributed by atoms with Crippen molar-refractivity contribution < 1.29 is 9.59 Å². The molecule has 0 saturated heterocycles. The van der Waals surface area contributed by atoms with Crippen LogP contribution in [0.4, 0.5) is 0 Å². The van der Waals surface area contributed by atoms with Crippen molar-refractivity contribution in [3.63, 3.8) is 0 Å². The first kappa shape index (κ1) is 15.6. The summed E-state index contributed by atoms with van der Waals surface area (Å²) < 4.78 is 1.78. The molecule has 0 spiro atoms. The number of nitrogens with zero attached hydrogens (tertiary/aromatic N) is 3. The summed E-state index contributed by atoms with van der Waals surface area (Å²) in [7, 11) is 1.83. The molecule has 5 heteroatoms. The molecule has 0 aliphatic rings. The molecule has 24 heavy (non-hydrogen) atoms. The highest BCUT2D eigenvalue weighted by atomic mass is 16.1. The standard InChI is InChI=1S/C10H7NO.C9H8N2O/c12-7-9-6-11-5-8-3-1-2-4-10(8)9;1-11-8-5-3-2-4-7(8)10-9(11)6-12/h1-7H;2-6H,1H3. The number of rotatable bonds is 2. The second kappa shape index (κ2) is 6.83. The molecule has 0 N–H and O–H groups in total. The summed E-state index contributed by atoms with van der Waals surface area (Å²) in [5.41, 5.74) is 2.50. The first-order chi connectivity index (χ1) is 11.7. The number of pyridine rings is 1. The number of fused-ring (bicyclic) bond motifs is 2. The normalized spacial score (nSPS) is 10.2. The van der Waals surface area contributed by atoms with Crippen molar-refractivity contribution in [3.05, 3.63) is 72.3 Å². The van der Waals surface area contributed by atoms with Crippen LogP contribution in [-0.4, -0.2) is 27.1 Å². The van der Waals surface area contributed by atoms with E-state index in [1.165, 1.54) is 0 Å². The van der Waals surface area contributed by atoms with Crippen molar-refractivity contribution in [1.29, 1.82) is 0 Å². The predicted molar refractivity (Wildman–Crippen MR) is 93.2 cm³/mol. The zero-order chi connectivity index (χ0) is 16.9. The van der Waals surface area contributed by atoms with Gasteiger partial charge in [0, 0.05) is 30.4 Å². The number of para-hydroxylation sites is 2. The third-order valence-electron chi connectivity index (χ3n) is 3.75. The number of imidazole rings is 1. The van der Waals surface area contributed by atoms with Crippen LogP contribution in [0.2, 0.25) is 0 Å². The van der Waals surface area contributed by atoms with Crippen molar-refractivity contribution in [2.24, 2.45) is 7.05 Å². The molecule has 0 bridgehead atoms. The van der Waals surface area contributed by atoms with E-state index in [1.807, 2.05) is 55.6 Å². The minimum absolute atomic E-state index is 0.469. The van der Waals surface area contributed by atoms with Gasteiger partial charge in [-0.3, -0.25) is 14.6 Å². The fourth-order valence-electron chi connectivity index (χ4n) is 2.50. The van der Waals surface area contributed by atoms with E-state index in [0.717, 1.165) is 34.4 Å². The van der Waals surface area contributed by atoms with Gasteiger partial charge < -0.3 is 4.57 Å². The Kier molecular flexibility index (Phi) is 4.43. The first-order valence-corrected chi connectivity index (χ1v) is 7.39. The molecule has 0 radical (unpaired) electrons. The number of hydrogen-bond donors (Lipinski definition) is 0. The molecule has 118 valence electrons. The molecule has 0 aliphatic carbocycles. The van der Waals surface area contributed by atoms with Crippen molar-refractivity contribution in [2.75, 3.05) is 0 Å². The van der Waals surface area contributed by atoms with Crippen LogP contribution in [0, 0.1) is 0 Å². The fraction of sp³-hybridized carbons (Fsp3) is 0.0526. The Morgan fingerprint density at radius 1 is 0.917 bits per heavy atom. The SMILES string of the molecule is Cn1c(C=O)nc2ccccc21.O=Cc1cncc2ccccc12. The second-order valence-corrected chi connectivity index (χ2v) is 5.20. The van der Waals surface area contributed by atoms with Crippen molar-refractivity contribution >= 4 is 34.4 Å². The molecule has 0 fully saturated rings. The van der Waals surface area contributed by atoms with Gasteiger partial charge in [0.2, 0.25) is 0 Å². The van der Waals surface area contributed by atoms with Crippen LogP contribution in [0.1, 0.15) is 21.0 Å². The maximum Gasteiger partial charge on any atom is 0.185 e. The molecule has 0 saturated carbocycles. The number of carbonyl (C=O) groups excluding carboxylic acids is 2. The molecular weight excluding hydrogens is 302 g/mol. The van der Waals surface area contributed by atoms with E-state index >= 15 is 0 Å². The largest absolute Gasteiger partial charge is 0.325 e. The van der Waals surface area contributed by atoms with Crippen LogP contribution in [-0.2, 0) is 7.05 Å². The monoisotopic (exact) mass is 317 g/mol. The highest BCUT2D eigenvalue weighted by Gasteiger charge is 2.03. The molecule has 0 aliphatic heterocycles. The Bertz CT molecular complexity index is 1020. The summed E-state index contributed by atoms with van der Waals surface area (Å²) in [6.07, 6.45) is 4.92. The lowest BCUT2D eigenvalue weighted by molar-refractivity contribution is 0.110. The van der Waals surface area contributed by atoms with Crippen LogP contribution < -0.4 is 0 Å². The minimum Gasteiger partial charge on any atom is -0.325 e. The summed E-state index contributed by atoms with van der Waals surface area (Å²) in [5.74, 6) is 0.469. The van der Waals surface area contributed by atoms with Gasteiger partial charge in [-0.05, 0) is 17.5 Å². The Labute approximate surface area is 138 Å². The van der Waals surface area contributed by atoms with Crippen LogP contribution >= 0.6 is 0 Å². The molecular formula is C19H15N3O2. The predicted octanol–water partition coefficient (Wildman–Crippen LogP) is 3.43. The lowest BCUT2D eigenvalue weighted by Crippen LogP contribution is -1.94. The van der Waals surface area contributed by atoms with Gasteiger partial charge in [0.25, 0.3) is 0 Å². The Hall–Kier alpha value is -3.34. The van der Waals surface area contributed by atoms with Crippen LogP contribution in [0.3, 0.4) is 0 Å². The third kappa shape index (κ3) is 2.92. The number of aromatic nitrogens is 3. The Morgan fingerprint density at radius 3 is 2.42 bits per heavy atom. The van der Waals surface area contributed by atoms with Crippen LogP contribution in [0.25, 0.3) is 21.8 Å². The van der Waals surface area contributed by atoms with Gasteiger partial charge in [0.1, 0.15) is 0 Å². The van der Waals surface area contributed by atoms with E-state index in [9.17, 15) is 9.59 Å². The number of hydrogen-bond acceptors (Lipinski definition) is 4. The van der Waals surface area contributed by atoms with Gasteiger partial charge in [0.15, 0.2) is 18.4 Å². The van der Waals surface area contributed by atoms with Gasteiger partial charge in [-0.15, -0.1) is 0 Å². The number of aldehydes is 2. The lowest BCUT2D eigenvalue weighted by atomic mass is 10.1. The Morgan fingerprint density at radius 2 is 1.67 bits per heavy atom. The highest BCUT2D eigenvalue weighted by molar-refractivity contribution is 5.97. The molecule has 4 aromatic rings. The minimum atomic E-state index is 0.469. The first-order valence-electron chi connectivity index (χ1n) is 7.39. The fourth-order valence-corrected chi connectivity index (χ4v) is 2.50. The molecule has 2 aromatic carbocycles. The summed E-state index contributed by atoms with van der Waals surface area (Å²) in [6.45, 7) is 0. The zero-order valence-corrected chi connectivity index (χ0v) is 13.1. The maximum atomic E-state index is 10.6. The van der Waals surface area contributed by atoms with E-state index in [1.54, 1.807) is 17.0 Å². The summed E-state index contributed by atoms with van der Waals surface area (Å²) in [4.78, 5) is 29.2. The van der Waals surface area contributed by atoms with E-state index < -0.39 is 0 Å². The molecule has 4 rings (SSSR count). The van der Waals surface area contributed by atoms with E-state index in [-0.39, 0.29) is 0 Å². The second-order valence-electron chi connectivity index (χ2n) is 5.20. The van der Waals surface area contributed by atoms with Crippen LogP contribution in [0.5, 0.6) is 0 Å². The highest BCUT2D eigenvalue weighted by Crippen LogP contribution is 2.14. The molecule has 0 atom stereocenters. The van der Waals surface area contributed by atoms with Crippen LogP contribution in [0.15, 0.2) is 60.9 Å². The van der Waals surface area contributed by atoms with Gasteiger partial charge in [-0.1, -0.05) is 36.4 Å². The van der Waals surface area contributed by atoms with Crippen molar-refractivity contribution in [2.45, 2.75) is 0 Å². The average Bonchev–Trinajstić information content (AvgIpc) is 2.98. The molecule has 0 amide bonds. The summed E-state index contributed by atoms with van der Waals surface area (Å²) in [5, 5.41) is 1.96. The smallest absolute Gasteiger partial charge is 0.185 e. The van der Waals surface area contributed by atoms with Gasteiger partial charge in [-0.25, -0.2) is 4.98 Å². The van der Waals surface area contributed by atoms with E-state index in [0.29, 0.717) is 11.4 Å². The molecule has 2 heterocycles. The molecule has 5 nitrogen and oxygen atoms in total. The summed E-state index contributed by atoms with van der Waals surface area (Å²) >= 11 is 0.